The first-order chi connectivity index (χ1) is 16.2. The molecule has 1 aromatic carbocycles. The van der Waals surface area contributed by atoms with Crippen molar-refractivity contribution in [2.24, 2.45) is 7.05 Å². The van der Waals surface area contributed by atoms with Crippen LogP contribution >= 0.6 is 11.3 Å². The summed E-state index contributed by atoms with van der Waals surface area (Å²) in [7, 11) is 5.37. The van der Waals surface area contributed by atoms with Gasteiger partial charge in [0.1, 0.15) is 18.1 Å². The summed E-state index contributed by atoms with van der Waals surface area (Å²) in [6.45, 7) is 6.26. The van der Waals surface area contributed by atoms with Gasteiger partial charge in [0.25, 0.3) is 5.91 Å². The number of aromatic nitrogens is 4. The molecule has 0 aliphatic carbocycles. The largest absolute Gasteiger partial charge is 0.496 e. The molecular formula is C25H27N5O3S. The highest BCUT2D eigenvalue weighted by atomic mass is 32.1. The molecule has 8 nitrogen and oxygen atoms in total. The monoisotopic (exact) mass is 477 g/mol. The number of thiophene rings is 1. The number of methoxy groups -OCH3 is 1. The molecule has 0 unspecified atom stereocenters. The minimum absolute atomic E-state index is 0.136. The van der Waals surface area contributed by atoms with E-state index in [0.717, 1.165) is 33.8 Å². The van der Waals surface area contributed by atoms with E-state index >= 15 is 0 Å². The predicted octanol–water partition coefficient (Wildman–Crippen LogP) is 4.77. The molecule has 34 heavy (non-hydrogen) atoms. The van der Waals surface area contributed by atoms with Gasteiger partial charge in [-0.2, -0.15) is 16.4 Å². The van der Waals surface area contributed by atoms with E-state index in [2.05, 4.69) is 4.98 Å². The maximum atomic E-state index is 13.5. The first-order valence-corrected chi connectivity index (χ1v) is 11.9. The van der Waals surface area contributed by atoms with Crippen molar-refractivity contribution in [3.63, 3.8) is 0 Å². The zero-order valence-corrected chi connectivity index (χ0v) is 20.9. The van der Waals surface area contributed by atoms with Gasteiger partial charge in [0.2, 0.25) is 0 Å². The van der Waals surface area contributed by atoms with E-state index < -0.39 is 0 Å². The van der Waals surface area contributed by atoms with Crippen molar-refractivity contribution < 1.29 is 14.3 Å². The minimum Gasteiger partial charge on any atom is -0.496 e. The van der Waals surface area contributed by atoms with E-state index in [9.17, 15) is 4.79 Å². The van der Waals surface area contributed by atoms with Gasteiger partial charge in [-0.1, -0.05) is 0 Å². The number of carbonyl (C=O) groups excluding carboxylic acids is 1. The fraction of sp³-hybridized carbons (Fsp3) is 0.320. The first kappa shape index (κ1) is 22.2. The van der Waals surface area contributed by atoms with E-state index in [0.29, 0.717) is 17.2 Å². The first-order valence-electron chi connectivity index (χ1n) is 10.9. The fourth-order valence-corrected chi connectivity index (χ4v) is 4.61. The predicted molar refractivity (Wildman–Crippen MR) is 132 cm³/mol. The van der Waals surface area contributed by atoms with Crippen LogP contribution in [0, 0.1) is 0 Å². The molecule has 1 amide bonds. The van der Waals surface area contributed by atoms with Crippen molar-refractivity contribution in [2.45, 2.75) is 32.9 Å². The number of rotatable bonds is 4. The number of hydrogen-bond donors (Lipinski definition) is 0. The molecular weight excluding hydrogens is 450 g/mol. The number of aryl methyl sites for hydroxylation is 1. The number of hydrogen-bond acceptors (Lipinski definition) is 6. The molecule has 4 heterocycles. The molecule has 0 spiro atoms. The Morgan fingerprint density at radius 2 is 2.06 bits per heavy atom. The fourth-order valence-electron chi connectivity index (χ4n) is 4.00. The second kappa shape index (κ2) is 8.02. The van der Waals surface area contributed by atoms with Crippen molar-refractivity contribution in [1.29, 1.82) is 0 Å². The number of amides is 1. The Kier molecular flexibility index (Phi) is 5.24. The molecule has 0 saturated carbocycles. The maximum Gasteiger partial charge on any atom is 0.274 e. The highest BCUT2D eigenvalue weighted by molar-refractivity contribution is 7.08. The highest BCUT2D eigenvalue weighted by Gasteiger charge is 2.34. The summed E-state index contributed by atoms with van der Waals surface area (Å²) in [6, 6.07) is 5.90. The Hall–Kier alpha value is -3.59. The molecule has 0 atom stereocenters. The highest BCUT2D eigenvalue weighted by Crippen LogP contribution is 2.46. The van der Waals surface area contributed by atoms with Crippen LogP contribution in [0.4, 0.5) is 0 Å². The number of ether oxygens (including phenoxy) is 2. The van der Waals surface area contributed by atoms with Crippen LogP contribution in [0.3, 0.4) is 0 Å². The van der Waals surface area contributed by atoms with Crippen LogP contribution in [0.5, 0.6) is 11.5 Å². The number of carbonyl (C=O) groups is 1. The van der Waals surface area contributed by atoms with Crippen molar-refractivity contribution >= 4 is 17.2 Å². The topological polar surface area (TPSA) is 74.4 Å². The van der Waals surface area contributed by atoms with Crippen LogP contribution in [0.25, 0.3) is 28.2 Å². The van der Waals surface area contributed by atoms with E-state index in [4.69, 9.17) is 14.6 Å². The normalized spacial score (nSPS) is 12.6. The summed E-state index contributed by atoms with van der Waals surface area (Å²) >= 11 is 1.58. The molecule has 0 bridgehead atoms. The molecule has 3 aromatic heterocycles. The van der Waals surface area contributed by atoms with Crippen LogP contribution in [0.2, 0.25) is 0 Å². The Labute approximate surface area is 202 Å². The molecule has 0 fully saturated rings. The number of imidazole rings is 1. The molecule has 5 rings (SSSR count). The lowest BCUT2D eigenvalue weighted by Crippen LogP contribution is -2.43. The molecule has 0 radical (unpaired) electrons. The molecule has 0 N–H and O–H groups in total. The standard InChI is InChI=1S/C25H27N5O3S/c1-25(2,3)29(5)24(31)22-18-12-33-21-10-20(32-6)16(19-11-28(4)14-26-19)9-17(21)23(18)30(27-22)15-7-8-34-13-15/h7-11,13-14H,12H2,1-6H3. The third-order valence-electron chi connectivity index (χ3n) is 6.16. The van der Waals surface area contributed by atoms with Crippen LogP contribution in [0.15, 0.2) is 41.5 Å². The molecule has 176 valence electrons. The van der Waals surface area contributed by atoms with Gasteiger partial charge < -0.3 is 18.9 Å². The molecule has 1 aliphatic heterocycles. The Morgan fingerprint density at radius 3 is 2.68 bits per heavy atom. The van der Waals surface area contributed by atoms with Crippen molar-refractivity contribution in [3.8, 4) is 39.7 Å². The van der Waals surface area contributed by atoms with Gasteiger partial charge in [0, 0.05) is 54.0 Å². The van der Waals surface area contributed by atoms with E-state index in [1.807, 2.05) is 72.2 Å². The third kappa shape index (κ3) is 3.56. The summed E-state index contributed by atoms with van der Waals surface area (Å²) in [5, 5.41) is 8.84. The SMILES string of the molecule is COc1cc2c(cc1-c1cn(C)cn1)-c1c(c(C(=O)N(C)C(C)(C)C)nn1-c1ccsc1)CO2. The van der Waals surface area contributed by atoms with Crippen LogP contribution in [-0.2, 0) is 13.7 Å². The summed E-state index contributed by atoms with van der Waals surface area (Å²) in [4.78, 5) is 19.7. The third-order valence-corrected chi connectivity index (χ3v) is 6.83. The lowest BCUT2D eigenvalue weighted by molar-refractivity contribution is 0.0646. The Morgan fingerprint density at radius 1 is 1.26 bits per heavy atom. The van der Waals surface area contributed by atoms with Gasteiger partial charge in [-0.15, -0.1) is 0 Å². The van der Waals surface area contributed by atoms with Crippen molar-refractivity contribution in [2.75, 3.05) is 14.2 Å². The molecule has 4 aromatic rings. The van der Waals surface area contributed by atoms with Gasteiger partial charge in [0.05, 0.1) is 30.5 Å². The number of nitrogens with zero attached hydrogens (tertiary/aromatic N) is 5. The maximum absolute atomic E-state index is 13.5. The van der Waals surface area contributed by atoms with Gasteiger partial charge in [0.15, 0.2) is 5.69 Å². The summed E-state index contributed by atoms with van der Waals surface area (Å²) < 4.78 is 15.6. The average molecular weight is 478 g/mol. The molecule has 0 saturated heterocycles. The second-order valence-corrected chi connectivity index (χ2v) is 10.1. The summed E-state index contributed by atoms with van der Waals surface area (Å²) in [5.41, 5.74) is 5.07. The van der Waals surface area contributed by atoms with Crippen LogP contribution in [-0.4, -0.2) is 49.8 Å². The Bertz CT molecular complexity index is 1380. The van der Waals surface area contributed by atoms with Crippen LogP contribution in [0.1, 0.15) is 36.8 Å². The number of benzene rings is 1. The molecule has 1 aliphatic rings. The summed E-state index contributed by atoms with van der Waals surface area (Å²) in [6.07, 6.45) is 3.70. The smallest absolute Gasteiger partial charge is 0.274 e. The Balaban J connectivity index is 1.75. The molecule has 9 heteroatoms. The van der Waals surface area contributed by atoms with Gasteiger partial charge in [-0.25, -0.2) is 9.67 Å². The lowest BCUT2D eigenvalue weighted by atomic mass is 9.97. The van der Waals surface area contributed by atoms with Gasteiger partial charge >= 0.3 is 0 Å². The second-order valence-electron chi connectivity index (χ2n) is 9.37. The van der Waals surface area contributed by atoms with E-state index in [1.54, 1.807) is 36.7 Å². The summed E-state index contributed by atoms with van der Waals surface area (Å²) in [5.74, 6) is 1.22. The van der Waals surface area contributed by atoms with Crippen molar-refractivity contribution in [3.05, 3.63) is 52.7 Å². The zero-order chi connectivity index (χ0) is 24.2. The van der Waals surface area contributed by atoms with E-state index in [1.165, 1.54) is 0 Å². The van der Waals surface area contributed by atoms with Gasteiger partial charge in [-0.3, -0.25) is 4.79 Å². The lowest BCUT2D eigenvalue weighted by Gasteiger charge is -2.31. The minimum atomic E-state index is -0.344. The van der Waals surface area contributed by atoms with Gasteiger partial charge in [-0.05, 0) is 38.3 Å². The van der Waals surface area contributed by atoms with Crippen molar-refractivity contribution in [1.82, 2.24) is 24.2 Å². The number of fused-ring (bicyclic) bond motifs is 3. The average Bonchev–Trinajstić information content (AvgIpc) is 3.55. The van der Waals surface area contributed by atoms with Crippen LogP contribution < -0.4 is 9.47 Å². The zero-order valence-electron chi connectivity index (χ0n) is 20.1. The van der Waals surface area contributed by atoms with E-state index in [-0.39, 0.29) is 18.1 Å². The quantitative estimate of drug-likeness (QED) is 0.423.